The van der Waals surface area contributed by atoms with Gasteiger partial charge in [0.2, 0.25) is 11.8 Å². The van der Waals surface area contributed by atoms with Gasteiger partial charge in [-0.05, 0) is 33.0 Å². The van der Waals surface area contributed by atoms with Crippen LogP contribution >= 0.6 is 0 Å². The van der Waals surface area contributed by atoms with Crippen LogP contribution in [0.15, 0.2) is 24.3 Å². The molecule has 1 aromatic rings. The van der Waals surface area contributed by atoms with Gasteiger partial charge >= 0.3 is 0 Å². The highest BCUT2D eigenvalue weighted by Crippen LogP contribution is 2.20. The second-order valence-corrected chi connectivity index (χ2v) is 5.24. The Morgan fingerprint density at radius 3 is 2.36 bits per heavy atom. The molecule has 6 heteroatoms. The summed E-state index contributed by atoms with van der Waals surface area (Å²) in [5.41, 5.74) is 1.18. The molecule has 1 atom stereocenters. The van der Waals surface area contributed by atoms with Crippen LogP contribution in [-0.2, 0) is 14.3 Å². The van der Waals surface area contributed by atoms with Crippen LogP contribution in [0.2, 0.25) is 0 Å². The van der Waals surface area contributed by atoms with Crippen LogP contribution < -0.4 is 10.6 Å². The second kappa shape index (κ2) is 9.17. The van der Waals surface area contributed by atoms with E-state index in [1.807, 2.05) is 31.9 Å². The Morgan fingerprint density at radius 1 is 1.23 bits per heavy atom. The minimum absolute atomic E-state index is 0.0782. The number of nitrogens with zero attached hydrogens (tertiary/aromatic N) is 1. The number of carbonyl (C=O) groups is 2. The summed E-state index contributed by atoms with van der Waals surface area (Å²) in [5, 5.41) is 5.51. The molecule has 0 saturated carbocycles. The highest BCUT2D eigenvalue weighted by Gasteiger charge is 2.12. The van der Waals surface area contributed by atoms with E-state index in [1.165, 1.54) is 6.92 Å². The van der Waals surface area contributed by atoms with E-state index in [9.17, 15) is 9.59 Å². The maximum atomic E-state index is 12.1. The van der Waals surface area contributed by atoms with Crippen LogP contribution in [0.5, 0.6) is 0 Å². The van der Waals surface area contributed by atoms with E-state index in [-0.39, 0.29) is 24.5 Å². The van der Waals surface area contributed by atoms with Crippen LogP contribution in [0, 0.1) is 0 Å². The third-order valence-electron chi connectivity index (χ3n) is 2.95. The average Bonchev–Trinajstić information content (AvgIpc) is 2.40. The molecule has 0 spiro atoms. The van der Waals surface area contributed by atoms with E-state index < -0.39 is 0 Å². The van der Waals surface area contributed by atoms with Crippen molar-refractivity contribution < 1.29 is 14.3 Å². The first-order valence-corrected chi connectivity index (χ1v) is 7.39. The van der Waals surface area contributed by atoms with Crippen molar-refractivity contribution in [3.8, 4) is 0 Å². The fourth-order valence-electron chi connectivity index (χ4n) is 2.17. The van der Waals surface area contributed by atoms with E-state index in [2.05, 4.69) is 10.6 Å². The van der Waals surface area contributed by atoms with Gasteiger partial charge in [-0.15, -0.1) is 0 Å². The SMILES string of the molecule is CCO[C@@H](C)CN(C)CC(=O)Nc1ccccc1NC(C)=O. The number of amides is 2. The predicted molar refractivity (Wildman–Crippen MR) is 88.0 cm³/mol. The van der Waals surface area contributed by atoms with Gasteiger partial charge in [0.05, 0.1) is 24.0 Å². The number of rotatable bonds is 8. The molecule has 0 saturated heterocycles. The van der Waals surface area contributed by atoms with Gasteiger partial charge < -0.3 is 15.4 Å². The zero-order valence-corrected chi connectivity index (χ0v) is 13.7. The molecule has 0 aliphatic carbocycles. The lowest BCUT2D eigenvalue weighted by Gasteiger charge is -2.21. The Kier molecular flexibility index (Phi) is 7.56. The third kappa shape index (κ3) is 6.69. The fraction of sp³-hybridized carbons (Fsp3) is 0.500. The van der Waals surface area contributed by atoms with Crippen LogP contribution in [0.1, 0.15) is 20.8 Å². The van der Waals surface area contributed by atoms with Crippen molar-refractivity contribution >= 4 is 23.2 Å². The molecular weight excluding hydrogens is 282 g/mol. The first-order chi connectivity index (χ1) is 10.4. The van der Waals surface area contributed by atoms with Crippen molar-refractivity contribution in [3.05, 3.63) is 24.3 Å². The molecule has 1 rings (SSSR count). The molecule has 0 aliphatic rings. The standard InChI is InChI=1S/C16H25N3O3/c1-5-22-12(2)10-19(4)11-16(21)18-15-9-7-6-8-14(15)17-13(3)20/h6-9,12H,5,10-11H2,1-4H3,(H,17,20)(H,18,21)/t12-/m0/s1. The molecule has 122 valence electrons. The lowest BCUT2D eigenvalue weighted by Crippen LogP contribution is -2.35. The number of hydrogen-bond acceptors (Lipinski definition) is 4. The van der Waals surface area contributed by atoms with E-state index in [4.69, 9.17) is 4.74 Å². The summed E-state index contributed by atoms with van der Waals surface area (Å²) in [5.74, 6) is -0.312. The number of hydrogen-bond donors (Lipinski definition) is 2. The molecule has 0 heterocycles. The third-order valence-corrected chi connectivity index (χ3v) is 2.95. The summed E-state index contributed by atoms with van der Waals surface area (Å²) in [4.78, 5) is 25.2. The Bertz CT molecular complexity index is 505. The van der Waals surface area contributed by atoms with Crippen molar-refractivity contribution in [2.24, 2.45) is 0 Å². The summed E-state index contributed by atoms with van der Waals surface area (Å²) in [6.45, 7) is 6.94. The van der Waals surface area contributed by atoms with Gasteiger partial charge in [-0.1, -0.05) is 12.1 Å². The highest BCUT2D eigenvalue weighted by atomic mass is 16.5. The van der Waals surface area contributed by atoms with Crippen molar-refractivity contribution in [2.45, 2.75) is 26.9 Å². The van der Waals surface area contributed by atoms with Crippen molar-refractivity contribution in [3.63, 3.8) is 0 Å². The smallest absolute Gasteiger partial charge is 0.238 e. The maximum Gasteiger partial charge on any atom is 0.238 e. The van der Waals surface area contributed by atoms with Gasteiger partial charge in [-0.2, -0.15) is 0 Å². The minimum Gasteiger partial charge on any atom is -0.377 e. The number of carbonyl (C=O) groups excluding carboxylic acids is 2. The molecule has 6 nitrogen and oxygen atoms in total. The quantitative estimate of drug-likeness (QED) is 0.770. The summed E-state index contributed by atoms with van der Waals surface area (Å²) >= 11 is 0. The molecule has 0 bridgehead atoms. The monoisotopic (exact) mass is 307 g/mol. The number of benzene rings is 1. The number of ether oxygens (including phenoxy) is 1. The Labute approximate surface area is 131 Å². The molecule has 0 aromatic heterocycles. The molecule has 0 aliphatic heterocycles. The highest BCUT2D eigenvalue weighted by molar-refractivity contribution is 5.99. The summed E-state index contributed by atoms with van der Waals surface area (Å²) in [6, 6.07) is 7.11. The van der Waals surface area contributed by atoms with Crippen LogP contribution in [0.3, 0.4) is 0 Å². The molecule has 2 N–H and O–H groups in total. The minimum atomic E-state index is -0.177. The number of nitrogens with one attached hydrogen (secondary N) is 2. The van der Waals surface area contributed by atoms with E-state index in [1.54, 1.807) is 18.2 Å². The topological polar surface area (TPSA) is 70.7 Å². The normalized spacial score (nSPS) is 12.0. The molecule has 0 fully saturated rings. The van der Waals surface area contributed by atoms with Gasteiger partial charge in [0.15, 0.2) is 0 Å². The Morgan fingerprint density at radius 2 is 1.82 bits per heavy atom. The van der Waals surface area contributed by atoms with Gasteiger partial charge in [0.25, 0.3) is 0 Å². The molecule has 1 aromatic carbocycles. The lowest BCUT2D eigenvalue weighted by molar-refractivity contribution is -0.117. The lowest BCUT2D eigenvalue weighted by atomic mass is 10.2. The Hall–Kier alpha value is -1.92. The summed E-state index contributed by atoms with van der Waals surface area (Å²) in [6.07, 6.45) is 0.0782. The van der Waals surface area contributed by atoms with Gasteiger partial charge in [0.1, 0.15) is 0 Å². The second-order valence-electron chi connectivity index (χ2n) is 5.24. The number of likely N-dealkylation sites (N-methyl/N-ethyl adjacent to an activating group) is 1. The molecule has 0 radical (unpaired) electrons. The summed E-state index contributed by atoms with van der Waals surface area (Å²) in [7, 11) is 1.87. The summed E-state index contributed by atoms with van der Waals surface area (Å²) < 4.78 is 5.45. The van der Waals surface area contributed by atoms with E-state index in [0.29, 0.717) is 24.5 Å². The fourth-order valence-corrected chi connectivity index (χ4v) is 2.17. The van der Waals surface area contributed by atoms with Crippen LogP contribution in [0.4, 0.5) is 11.4 Å². The number of anilines is 2. The van der Waals surface area contributed by atoms with Crippen molar-refractivity contribution in [1.29, 1.82) is 0 Å². The first-order valence-electron chi connectivity index (χ1n) is 7.39. The molecule has 0 unspecified atom stereocenters. The van der Waals surface area contributed by atoms with Crippen molar-refractivity contribution in [1.82, 2.24) is 4.90 Å². The zero-order valence-electron chi connectivity index (χ0n) is 13.7. The predicted octanol–water partition coefficient (Wildman–Crippen LogP) is 1.94. The zero-order chi connectivity index (χ0) is 16.5. The van der Waals surface area contributed by atoms with Crippen LogP contribution in [-0.4, -0.2) is 49.6 Å². The van der Waals surface area contributed by atoms with E-state index in [0.717, 1.165) is 0 Å². The average molecular weight is 307 g/mol. The largest absolute Gasteiger partial charge is 0.377 e. The maximum absolute atomic E-state index is 12.1. The molecule has 2 amide bonds. The van der Waals surface area contributed by atoms with Crippen LogP contribution in [0.25, 0.3) is 0 Å². The van der Waals surface area contributed by atoms with E-state index >= 15 is 0 Å². The van der Waals surface area contributed by atoms with Gasteiger partial charge in [0, 0.05) is 20.1 Å². The van der Waals surface area contributed by atoms with Gasteiger partial charge in [-0.3, -0.25) is 14.5 Å². The molecular formula is C16H25N3O3. The molecule has 22 heavy (non-hydrogen) atoms. The van der Waals surface area contributed by atoms with Gasteiger partial charge in [-0.25, -0.2) is 0 Å². The Balaban J connectivity index is 2.56. The van der Waals surface area contributed by atoms with Crippen molar-refractivity contribution in [2.75, 3.05) is 37.4 Å². The first kappa shape index (κ1) is 18.1. The number of para-hydroxylation sites is 2.